The fraction of sp³-hybridized carbons (Fsp3) is 0.448. The summed E-state index contributed by atoms with van der Waals surface area (Å²) in [5.41, 5.74) is 4.26. The summed E-state index contributed by atoms with van der Waals surface area (Å²) in [7, 11) is 0. The van der Waals surface area contributed by atoms with E-state index >= 15 is 0 Å². The van der Waals surface area contributed by atoms with E-state index in [-0.39, 0.29) is 22.9 Å². The van der Waals surface area contributed by atoms with Crippen LogP contribution < -0.4 is 0 Å². The van der Waals surface area contributed by atoms with Crippen LogP contribution in [0.2, 0.25) is 0 Å². The minimum absolute atomic E-state index is 0.148. The molecule has 2 unspecified atom stereocenters. The van der Waals surface area contributed by atoms with E-state index in [1.54, 1.807) is 0 Å². The first-order valence-electron chi connectivity index (χ1n) is 11.5. The van der Waals surface area contributed by atoms with Crippen LogP contribution in [0.25, 0.3) is 10.8 Å². The Morgan fingerprint density at radius 3 is 1.97 bits per heavy atom. The van der Waals surface area contributed by atoms with Gasteiger partial charge in [0.25, 0.3) is 0 Å². The maximum Gasteiger partial charge on any atom is 0.123 e. The van der Waals surface area contributed by atoms with Gasteiger partial charge in [-0.15, -0.1) is 0 Å². The van der Waals surface area contributed by atoms with Crippen molar-refractivity contribution in [2.45, 2.75) is 77.2 Å². The number of hydrogen-bond donors (Lipinski definition) is 1. The van der Waals surface area contributed by atoms with Gasteiger partial charge < -0.3 is 9.84 Å². The third-order valence-corrected chi connectivity index (χ3v) is 6.58. The second-order valence-electron chi connectivity index (χ2n) is 11.1. The van der Waals surface area contributed by atoms with Crippen LogP contribution in [0.5, 0.6) is 5.75 Å². The van der Waals surface area contributed by atoms with E-state index in [0.29, 0.717) is 5.75 Å². The zero-order valence-electron chi connectivity index (χ0n) is 19.8. The van der Waals surface area contributed by atoms with Gasteiger partial charge in [0.15, 0.2) is 0 Å². The van der Waals surface area contributed by atoms with Gasteiger partial charge in [0, 0.05) is 12.5 Å². The summed E-state index contributed by atoms with van der Waals surface area (Å²) in [5, 5.41) is 13.7. The second kappa shape index (κ2) is 7.98. The summed E-state index contributed by atoms with van der Waals surface area (Å²) in [6.45, 7) is 13.9. The molecule has 0 aromatic heterocycles. The van der Waals surface area contributed by atoms with Crippen molar-refractivity contribution in [3.8, 4) is 5.75 Å². The first-order chi connectivity index (χ1) is 14.6. The van der Waals surface area contributed by atoms with E-state index in [4.69, 9.17) is 4.74 Å². The fourth-order valence-electron chi connectivity index (χ4n) is 4.87. The lowest BCUT2D eigenvalue weighted by molar-refractivity contribution is 0.0981. The molecule has 1 aliphatic rings. The first-order valence-corrected chi connectivity index (χ1v) is 11.5. The van der Waals surface area contributed by atoms with E-state index in [0.717, 1.165) is 30.6 Å². The Morgan fingerprint density at radius 1 is 0.806 bits per heavy atom. The standard InChI is InChI=1S/C29H36O2/c1-28(2,3)23-17-22(18-24(27(23)30)29(4,5)6)26(25-12-9-15-31-25)21-14-13-19-10-7-8-11-20(19)16-21/h7-8,10-11,13-14,16-18,25-26,30H,9,12,15H2,1-6H3. The molecule has 1 N–H and O–H groups in total. The van der Waals surface area contributed by atoms with Crippen LogP contribution in [0, 0.1) is 0 Å². The predicted molar refractivity (Wildman–Crippen MR) is 130 cm³/mol. The molecule has 164 valence electrons. The zero-order valence-corrected chi connectivity index (χ0v) is 19.8. The predicted octanol–water partition coefficient (Wildman–Crippen LogP) is 7.45. The van der Waals surface area contributed by atoms with Gasteiger partial charge in [0.1, 0.15) is 5.75 Å². The van der Waals surface area contributed by atoms with Gasteiger partial charge in [-0.2, -0.15) is 0 Å². The van der Waals surface area contributed by atoms with Gasteiger partial charge in [0.05, 0.1) is 6.10 Å². The maximum absolute atomic E-state index is 11.2. The molecular formula is C29H36O2. The Morgan fingerprint density at radius 2 is 1.42 bits per heavy atom. The molecule has 4 rings (SSSR count). The minimum atomic E-state index is -0.148. The largest absolute Gasteiger partial charge is 0.507 e. The fourth-order valence-corrected chi connectivity index (χ4v) is 4.87. The highest BCUT2D eigenvalue weighted by Gasteiger charge is 2.33. The van der Waals surface area contributed by atoms with Gasteiger partial charge in [-0.25, -0.2) is 0 Å². The molecule has 31 heavy (non-hydrogen) atoms. The van der Waals surface area contributed by atoms with Crippen molar-refractivity contribution in [2.75, 3.05) is 6.61 Å². The van der Waals surface area contributed by atoms with Crippen molar-refractivity contribution < 1.29 is 9.84 Å². The van der Waals surface area contributed by atoms with Gasteiger partial charge >= 0.3 is 0 Å². The highest BCUT2D eigenvalue weighted by Crippen LogP contribution is 2.44. The second-order valence-corrected chi connectivity index (χ2v) is 11.1. The Kier molecular flexibility index (Phi) is 5.64. The monoisotopic (exact) mass is 416 g/mol. The summed E-state index contributed by atoms with van der Waals surface area (Å²) in [6, 6.07) is 19.8. The third-order valence-electron chi connectivity index (χ3n) is 6.58. The Hall–Kier alpha value is -2.32. The molecule has 1 saturated heterocycles. The van der Waals surface area contributed by atoms with E-state index < -0.39 is 0 Å². The van der Waals surface area contributed by atoms with Crippen molar-refractivity contribution in [1.29, 1.82) is 0 Å². The van der Waals surface area contributed by atoms with Crippen LogP contribution in [0.15, 0.2) is 54.6 Å². The SMILES string of the molecule is CC(C)(C)c1cc(C(c2ccc3ccccc3c2)C2CCCO2)cc(C(C)(C)C)c1O. The molecule has 3 aromatic rings. The third kappa shape index (κ3) is 4.36. The number of benzene rings is 3. The summed E-state index contributed by atoms with van der Waals surface area (Å²) >= 11 is 0. The van der Waals surface area contributed by atoms with Crippen molar-refractivity contribution in [1.82, 2.24) is 0 Å². The van der Waals surface area contributed by atoms with Crippen LogP contribution >= 0.6 is 0 Å². The Bertz CT molecular complexity index is 1040. The van der Waals surface area contributed by atoms with Gasteiger partial charge in [-0.3, -0.25) is 0 Å². The van der Waals surface area contributed by atoms with Crippen molar-refractivity contribution in [2.24, 2.45) is 0 Å². The Labute approximate surface area is 187 Å². The summed E-state index contributed by atoms with van der Waals surface area (Å²) < 4.78 is 6.25. The first kappa shape index (κ1) is 21.9. The van der Waals surface area contributed by atoms with Crippen LogP contribution in [-0.2, 0) is 15.6 Å². The number of rotatable bonds is 3. The maximum atomic E-state index is 11.2. The molecule has 1 fully saturated rings. The smallest absolute Gasteiger partial charge is 0.123 e. The van der Waals surface area contributed by atoms with Gasteiger partial charge in [-0.05, 0) is 56.7 Å². The van der Waals surface area contributed by atoms with Crippen LogP contribution in [0.1, 0.15) is 82.6 Å². The molecule has 3 aromatic carbocycles. The van der Waals surface area contributed by atoms with E-state index in [1.807, 2.05) is 0 Å². The summed E-state index contributed by atoms with van der Waals surface area (Å²) in [6.07, 6.45) is 2.32. The molecule has 0 bridgehead atoms. The lowest BCUT2D eigenvalue weighted by Crippen LogP contribution is -2.23. The van der Waals surface area contributed by atoms with Crippen LogP contribution in [0.4, 0.5) is 0 Å². The molecule has 1 aliphatic heterocycles. The average Bonchev–Trinajstić information content (AvgIpc) is 3.21. The number of phenolic OH excluding ortho intramolecular Hbond substituents is 1. The van der Waals surface area contributed by atoms with Gasteiger partial charge in [0.2, 0.25) is 0 Å². The molecular weight excluding hydrogens is 380 g/mol. The number of phenols is 1. The number of hydrogen-bond acceptors (Lipinski definition) is 2. The normalized spacial score (nSPS) is 18.5. The number of ether oxygens (including phenoxy) is 1. The Balaban J connectivity index is 1.94. The topological polar surface area (TPSA) is 29.5 Å². The minimum Gasteiger partial charge on any atom is -0.507 e. The van der Waals surface area contributed by atoms with Crippen molar-refractivity contribution >= 4 is 10.8 Å². The van der Waals surface area contributed by atoms with Crippen molar-refractivity contribution in [3.63, 3.8) is 0 Å². The summed E-state index contributed by atoms with van der Waals surface area (Å²) in [5.74, 6) is 0.586. The van der Waals surface area contributed by atoms with E-state index in [9.17, 15) is 5.11 Å². The van der Waals surface area contributed by atoms with Crippen molar-refractivity contribution in [3.05, 3.63) is 76.9 Å². The van der Waals surface area contributed by atoms with Gasteiger partial charge in [-0.1, -0.05) is 96.1 Å². The zero-order chi connectivity index (χ0) is 22.4. The highest BCUT2D eigenvalue weighted by molar-refractivity contribution is 5.83. The number of aromatic hydroxyl groups is 1. The van der Waals surface area contributed by atoms with E-state index in [1.165, 1.54) is 21.9 Å². The molecule has 1 heterocycles. The molecule has 0 spiro atoms. The molecule has 0 amide bonds. The molecule has 2 atom stereocenters. The number of fused-ring (bicyclic) bond motifs is 1. The lowest BCUT2D eigenvalue weighted by Gasteiger charge is -2.31. The molecule has 0 aliphatic carbocycles. The molecule has 2 nitrogen and oxygen atoms in total. The average molecular weight is 417 g/mol. The molecule has 2 heteroatoms. The molecule has 0 radical (unpaired) electrons. The van der Waals surface area contributed by atoms with Crippen LogP contribution in [0.3, 0.4) is 0 Å². The van der Waals surface area contributed by atoms with E-state index in [2.05, 4.69) is 96.1 Å². The van der Waals surface area contributed by atoms with Crippen LogP contribution in [-0.4, -0.2) is 17.8 Å². The quantitative estimate of drug-likeness (QED) is 0.480. The lowest BCUT2D eigenvalue weighted by atomic mass is 9.75. The molecule has 0 saturated carbocycles. The summed E-state index contributed by atoms with van der Waals surface area (Å²) in [4.78, 5) is 0. The highest BCUT2D eigenvalue weighted by atomic mass is 16.5.